The molecular weight excluding hydrogens is 186 g/mol. The van der Waals surface area contributed by atoms with Crippen LogP contribution in [0.15, 0.2) is 6.33 Å². The van der Waals surface area contributed by atoms with Crippen LogP contribution in [0.1, 0.15) is 5.82 Å². The molecule has 1 heterocycles. The average molecular weight is 201 g/mol. The highest BCUT2D eigenvalue weighted by Crippen LogP contribution is 1.94. The van der Waals surface area contributed by atoms with E-state index in [-0.39, 0.29) is 6.61 Å². The Bertz CT molecular complexity index is 252. The summed E-state index contributed by atoms with van der Waals surface area (Å²) < 4.78 is 11.8. The van der Waals surface area contributed by atoms with E-state index >= 15 is 0 Å². The van der Waals surface area contributed by atoms with Gasteiger partial charge in [-0.1, -0.05) is 0 Å². The third-order valence-corrected chi connectivity index (χ3v) is 1.75. The Morgan fingerprint density at radius 2 is 2.29 bits per heavy atom. The lowest BCUT2D eigenvalue weighted by atomic mass is 10.6. The van der Waals surface area contributed by atoms with Crippen molar-refractivity contribution in [2.24, 2.45) is 0 Å². The van der Waals surface area contributed by atoms with Gasteiger partial charge in [0, 0.05) is 13.7 Å². The normalized spacial score (nSPS) is 10.7. The molecule has 0 bridgehead atoms. The fourth-order valence-electron chi connectivity index (χ4n) is 0.995. The summed E-state index contributed by atoms with van der Waals surface area (Å²) >= 11 is 0. The zero-order valence-electron chi connectivity index (χ0n) is 8.22. The smallest absolute Gasteiger partial charge is 0.158 e. The Balaban J connectivity index is 2.17. The predicted molar refractivity (Wildman–Crippen MR) is 48.6 cm³/mol. The summed E-state index contributed by atoms with van der Waals surface area (Å²) in [5.74, 6) is 0.556. The van der Waals surface area contributed by atoms with Gasteiger partial charge in [0.25, 0.3) is 0 Å². The van der Waals surface area contributed by atoms with E-state index in [9.17, 15) is 0 Å². The van der Waals surface area contributed by atoms with Crippen LogP contribution in [0.3, 0.4) is 0 Å². The third kappa shape index (κ3) is 3.41. The molecule has 0 amide bonds. The molecule has 0 saturated heterocycles. The summed E-state index contributed by atoms with van der Waals surface area (Å²) in [7, 11) is 1.63. The second kappa shape index (κ2) is 6.47. The number of nitrogens with zero attached hydrogens (tertiary/aromatic N) is 3. The number of hydrogen-bond donors (Lipinski definition) is 1. The number of aliphatic hydroxyl groups is 1. The maximum Gasteiger partial charge on any atom is 0.158 e. The molecule has 0 aliphatic heterocycles. The second-order valence-corrected chi connectivity index (χ2v) is 2.70. The van der Waals surface area contributed by atoms with Crippen LogP contribution in [0.5, 0.6) is 0 Å². The van der Waals surface area contributed by atoms with Crippen molar-refractivity contribution in [1.29, 1.82) is 0 Å². The molecular formula is C8H15N3O3. The minimum Gasteiger partial charge on any atom is -0.388 e. The first-order valence-corrected chi connectivity index (χ1v) is 4.42. The summed E-state index contributed by atoms with van der Waals surface area (Å²) in [6.45, 7) is 2.28. The van der Waals surface area contributed by atoms with E-state index in [1.165, 1.54) is 0 Å². The molecule has 0 unspecified atom stereocenters. The Labute approximate surface area is 82.5 Å². The minimum absolute atomic E-state index is 0.0991. The molecule has 6 nitrogen and oxygen atoms in total. The van der Waals surface area contributed by atoms with Crippen molar-refractivity contribution in [3.63, 3.8) is 0 Å². The third-order valence-electron chi connectivity index (χ3n) is 1.75. The van der Waals surface area contributed by atoms with Crippen molar-refractivity contribution in [2.45, 2.75) is 13.2 Å². The standard InChI is InChI=1S/C8H15N3O3/c1-13-4-5-14-3-2-11-7-9-10-8(11)6-12/h7,12H,2-6H2,1H3. The largest absolute Gasteiger partial charge is 0.388 e. The Morgan fingerprint density at radius 1 is 1.43 bits per heavy atom. The molecule has 1 rings (SSSR count). The molecule has 0 aliphatic rings. The van der Waals surface area contributed by atoms with E-state index in [1.54, 1.807) is 18.0 Å². The number of rotatable bonds is 7. The van der Waals surface area contributed by atoms with Gasteiger partial charge in [0.2, 0.25) is 0 Å². The lowest BCUT2D eigenvalue weighted by Gasteiger charge is -2.05. The Hall–Kier alpha value is -0.980. The summed E-state index contributed by atoms with van der Waals surface area (Å²) in [5.41, 5.74) is 0. The van der Waals surface area contributed by atoms with E-state index in [0.29, 0.717) is 32.2 Å². The molecule has 0 saturated carbocycles. The predicted octanol–water partition coefficient (Wildman–Crippen LogP) is -0.567. The molecule has 14 heavy (non-hydrogen) atoms. The molecule has 1 N–H and O–H groups in total. The first-order chi connectivity index (χ1) is 6.88. The van der Waals surface area contributed by atoms with Gasteiger partial charge in [0.05, 0.1) is 19.8 Å². The van der Waals surface area contributed by atoms with Crippen LogP contribution < -0.4 is 0 Å². The average Bonchev–Trinajstić information content (AvgIpc) is 2.65. The van der Waals surface area contributed by atoms with Crippen LogP contribution in [0.4, 0.5) is 0 Å². The summed E-state index contributed by atoms with van der Waals surface area (Å²) in [4.78, 5) is 0. The van der Waals surface area contributed by atoms with Crippen LogP contribution in [-0.2, 0) is 22.6 Å². The lowest BCUT2D eigenvalue weighted by Crippen LogP contribution is -2.11. The van der Waals surface area contributed by atoms with Gasteiger partial charge in [-0.25, -0.2) is 0 Å². The Kier molecular flexibility index (Phi) is 5.13. The van der Waals surface area contributed by atoms with Crippen molar-refractivity contribution < 1.29 is 14.6 Å². The van der Waals surface area contributed by atoms with Crippen molar-refractivity contribution in [3.05, 3.63) is 12.2 Å². The number of ether oxygens (including phenoxy) is 2. The van der Waals surface area contributed by atoms with Crippen molar-refractivity contribution in [3.8, 4) is 0 Å². The first-order valence-electron chi connectivity index (χ1n) is 4.42. The number of methoxy groups -OCH3 is 1. The molecule has 80 valence electrons. The van der Waals surface area contributed by atoms with Crippen LogP contribution in [0.25, 0.3) is 0 Å². The fraction of sp³-hybridized carbons (Fsp3) is 0.750. The molecule has 0 aliphatic carbocycles. The van der Waals surface area contributed by atoms with Gasteiger partial charge in [-0.05, 0) is 0 Å². The van der Waals surface area contributed by atoms with Gasteiger partial charge in [0.15, 0.2) is 5.82 Å². The van der Waals surface area contributed by atoms with E-state index in [4.69, 9.17) is 14.6 Å². The van der Waals surface area contributed by atoms with Gasteiger partial charge < -0.3 is 19.1 Å². The van der Waals surface area contributed by atoms with Gasteiger partial charge in [-0.2, -0.15) is 0 Å². The van der Waals surface area contributed by atoms with Crippen molar-refractivity contribution >= 4 is 0 Å². The number of aromatic nitrogens is 3. The van der Waals surface area contributed by atoms with E-state index in [1.807, 2.05) is 0 Å². The van der Waals surface area contributed by atoms with Crippen LogP contribution >= 0.6 is 0 Å². The van der Waals surface area contributed by atoms with Crippen molar-refractivity contribution in [1.82, 2.24) is 14.8 Å². The fourth-order valence-corrected chi connectivity index (χ4v) is 0.995. The number of aliphatic hydroxyl groups excluding tert-OH is 1. The summed E-state index contributed by atoms with van der Waals surface area (Å²) in [6, 6.07) is 0. The Morgan fingerprint density at radius 3 is 3.00 bits per heavy atom. The van der Waals surface area contributed by atoms with Crippen LogP contribution in [0, 0.1) is 0 Å². The highest BCUT2D eigenvalue weighted by molar-refractivity contribution is 4.81. The number of hydrogen-bond acceptors (Lipinski definition) is 5. The molecule has 0 aromatic carbocycles. The zero-order valence-corrected chi connectivity index (χ0v) is 8.22. The molecule has 0 atom stereocenters. The highest BCUT2D eigenvalue weighted by atomic mass is 16.5. The maximum atomic E-state index is 8.86. The molecule has 1 aromatic rings. The van der Waals surface area contributed by atoms with Gasteiger partial charge in [-0.15, -0.1) is 10.2 Å². The monoisotopic (exact) mass is 201 g/mol. The summed E-state index contributed by atoms with van der Waals surface area (Å²) in [5, 5.41) is 16.3. The molecule has 1 aromatic heterocycles. The first kappa shape index (κ1) is 11.1. The van der Waals surface area contributed by atoms with Gasteiger partial charge in [-0.3, -0.25) is 0 Å². The lowest BCUT2D eigenvalue weighted by molar-refractivity contribution is 0.0659. The van der Waals surface area contributed by atoms with Crippen LogP contribution in [-0.4, -0.2) is 46.8 Å². The summed E-state index contributed by atoms with van der Waals surface area (Å²) in [6.07, 6.45) is 1.57. The highest BCUT2D eigenvalue weighted by Gasteiger charge is 2.01. The van der Waals surface area contributed by atoms with E-state index in [2.05, 4.69) is 10.2 Å². The quantitative estimate of drug-likeness (QED) is 0.598. The topological polar surface area (TPSA) is 69.4 Å². The molecule has 0 fully saturated rings. The minimum atomic E-state index is -0.0991. The van der Waals surface area contributed by atoms with Gasteiger partial charge >= 0.3 is 0 Å². The zero-order chi connectivity index (χ0) is 10.2. The van der Waals surface area contributed by atoms with E-state index in [0.717, 1.165) is 0 Å². The molecule has 0 spiro atoms. The molecule has 0 radical (unpaired) electrons. The molecule has 6 heteroatoms. The van der Waals surface area contributed by atoms with Crippen LogP contribution in [0.2, 0.25) is 0 Å². The second-order valence-electron chi connectivity index (χ2n) is 2.70. The van der Waals surface area contributed by atoms with Gasteiger partial charge in [0.1, 0.15) is 12.9 Å². The SMILES string of the molecule is COCCOCCn1cnnc1CO. The maximum absolute atomic E-state index is 8.86. The van der Waals surface area contributed by atoms with E-state index < -0.39 is 0 Å². The van der Waals surface area contributed by atoms with Crippen molar-refractivity contribution in [2.75, 3.05) is 26.9 Å².